The largest absolute Gasteiger partial charge is 0.492 e. The Kier molecular flexibility index (Phi) is 5.16. The van der Waals surface area contributed by atoms with Crippen molar-refractivity contribution in [2.75, 3.05) is 26.8 Å². The highest BCUT2D eigenvalue weighted by molar-refractivity contribution is 5.39. The zero-order chi connectivity index (χ0) is 17.1. The molecule has 2 aromatic rings. The summed E-state index contributed by atoms with van der Waals surface area (Å²) in [6.45, 7) is 6.55. The molecular weight excluding hydrogens is 304 g/mol. The molecule has 2 heterocycles. The van der Waals surface area contributed by atoms with Crippen LogP contribution in [0.5, 0.6) is 5.75 Å². The number of ether oxygens (including phenoxy) is 2. The standard InChI is InChI=1S/C18H26N4O2/c1-13-6-5-7-14(2)17(13)24-9-8-22-11-15(23-4)10-16(22)18-20-19-12-21(18)3/h5-7,12,15-16H,8-11H2,1-4H3/t15-,16+/m1/s1. The minimum Gasteiger partial charge on any atom is -0.492 e. The van der Waals surface area contributed by atoms with Gasteiger partial charge in [0.1, 0.15) is 24.5 Å². The molecule has 0 amide bonds. The number of hydrogen-bond acceptors (Lipinski definition) is 5. The van der Waals surface area contributed by atoms with Gasteiger partial charge in [-0.1, -0.05) is 18.2 Å². The molecular formula is C18H26N4O2. The van der Waals surface area contributed by atoms with E-state index in [0.29, 0.717) is 6.61 Å². The maximum Gasteiger partial charge on any atom is 0.150 e. The van der Waals surface area contributed by atoms with E-state index in [1.807, 2.05) is 11.6 Å². The predicted octanol–water partition coefficient (Wildman–Crippen LogP) is 2.27. The molecule has 0 bridgehead atoms. The van der Waals surface area contributed by atoms with E-state index < -0.39 is 0 Å². The quantitative estimate of drug-likeness (QED) is 0.813. The van der Waals surface area contributed by atoms with Crippen LogP contribution >= 0.6 is 0 Å². The molecule has 1 fully saturated rings. The molecule has 1 saturated heterocycles. The lowest BCUT2D eigenvalue weighted by molar-refractivity contribution is 0.105. The van der Waals surface area contributed by atoms with Gasteiger partial charge in [-0.3, -0.25) is 4.90 Å². The van der Waals surface area contributed by atoms with Crippen molar-refractivity contribution in [2.45, 2.75) is 32.4 Å². The number of aromatic nitrogens is 3. The Bertz CT molecular complexity index is 665. The van der Waals surface area contributed by atoms with Crippen LogP contribution in [0.25, 0.3) is 0 Å². The summed E-state index contributed by atoms with van der Waals surface area (Å²) in [6, 6.07) is 6.46. The molecule has 0 spiro atoms. The molecule has 0 aliphatic carbocycles. The van der Waals surface area contributed by atoms with Gasteiger partial charge in [0.2, 0.25) is 0 Å². The van der Waals surface area contributed by atoms with Gasteiger partial charge in [0, 0.05) is 27.2 Å². The Balaban J connectivity index is 1.65. The molecule has 0 radical (unpaired) electrons. The zero-order valence-electron chi connectivity index (χ0n) is 14.9. The molecule has 1 aromatic carbocycles. The van der Waals surface area contributed by atoms with Gasteiger partial charge >= 0.3 is 0 Å². The van der Waals surface area contributed by atoms with Crippen LogP contribution in [0.4, 0.5) is 0 Å². The average Bonchev–Trinajstić information content (AvgIpc) is 3.16. The van der Waals surface area contributed by atoms with Crippen LogP contribution in [0.3, 0.4) is 0 Å². The monoisotopic (exact) mass is 330 g/mol. The number of aryl methyl sites for hydroxylation is 3. The highest BCUT2D eigenvalue weighted by Crippen LogP contribution is 2.31. The van der Waals surface area contributed by atoms with E-state index in [1.165, 1.54) is 11.1 Å². The Morgan fingerprint density at radius 2 is 2.00 bits per heavy atom. The lowest BCUT2D eigenvalue weighted by atomic mass is 10.1. The molecule has 0 unspecified atom stereocenters. The number of benzene rings is 1. The van der Waals surface area contributed by atoms with Gasteiger partial charge in [0.15, 0.2) is 0 Å². The van der Waals surface area contributed by atoms with Gasteiger partial charge in [-0.2, -0.15) is 0 Å². The highest BCUT2D eigenvalue weighted by Gasteiger charge is 2.35. The van der Waals surface area contributed by atoms with Crippen LogP contribution in [0.1, 0.15) is 29.4 Å². The van der Waals surface area contributed by atoms with Crippen molar-refractivity contribution >= 4 is 0 Å². The van der Waals surface area contributed by atoms with E-state index in [-0.39, 0.29) is 12.1 Å². The van der Waals surface area contributed by atoms with Gasteiger partial charge in [-0.15, -0.1) is 10.2 Å². The Hall–Kier alpha value is -1.92. The summed E-state index contributed by atoms with van der Waals surface area (Å²) >= 11 is 0. The third kappa shape index (κ3) is 3.44. The number of rotatable bonds is 6. The van der Waals surface area contributed by atoms with Crippen LogP contribution < -0.4 is 4.74 Å². The van der Waals surface area contributed by atoms with E-state index in [4.69, 9.17) is 9.47 Å². The first-order valence-corrected chi connectivity index (χ1v) is 8.40. The van der Waals surface area contributed by atoms with E-state index in [1.54, 1.807) is 13.4 Å². The van der Waals surface area contributed by atoms with Crippen molar-refractivity contribution in [3.63, 3.8) is 0 Å². The molecule has 6 nitrogen and oxygen atoms in total. The minimum atomic E-state index is 0.226. The van der Waals surface area contributed by atoms with Crippen molar-refractivity contribution in [2.24, 2.45) is 7.05 Å². The van der Waals surface area contributed by atoms with Crippen molar-refractivity contribution in [1.82, 2.24) is 19.7 Å². The van der Waals surface area contributed by atoms with Crippen LogP contribution in [0.2, 0.25) is 0 Å². The summed E-state index contributed by atoms with van der Waals surface area (Å²) in [4.78, 5) is 2.38. The smallest absolute Gasteiger partial charge is 0.150 e. The summed E-state index contributed by atoms with van der Waals surface area (Å²) in [5.74, 6) is 1.98. The van der Waals surface area contributed by atoms with Gasteiger partial charge in [0.05, 0.1) is 12.1 Å². The molecule has 2 atom stereocenters. The maximum absolute atomic E-state index is 6.07. The first-order chi connectivity index (χ1) is 11.6. The number of nitrogens with zero attached hydrogens (tertiary/aromatic N) is 4. The first kappa shape index (κ1) is 16.9. The number of hydrogen-bond donors (Lipinski definition) is 0. The zero-order valence-corrected chi connectivity index (χ0v) is 14.9. The van der Waals surface area contributed by atoms with Gasteiger partial charge in [-0.05, 0) is 31.4 Å². The van der Waals surface area contributed by atoms with Crippen molar-refractivity contribution in [3.05, 3.63) is 41.5 Å². The summed E-state index contributed by atoms with van der Waals surface area (Å²) in [5, 5.41) is 8.30. The molecule has 3 rings (SSSR count). The lowest BCUT2D eigenvalue weighted by Gasteiger charge is -2.23. The van der Waals surface area contributed by atoms with E-state index in [9.17, 15) is 0 Å². The van der Waals surface area contributed by atoms with Crippen molar-refractivity contribution in [3.8, 4) is 5.75 Å². The molecule has 130 valence electrons. The summed E-state index contributed by atoms with van der Waals surface area (Å²) < 4.78 is 13.6. The van der Waals surface area contributed by atoms with Gasteiger partial charge < -0.3 is 14.0 Å². The van der Waals surface area contributed by atoms with Crippen LogP contribution in [-0.4, -0.2) is 52.6 Å². The minimum absolute atomic E-state index is 0.226. The molecule has 6 heteroatoms. The first-order valence-electron chi connectivity index (χ1n) is 8.40. The SMILES string of the molecule is CO[C@@H]1C[C@@H](c2nncn2C)N(CCOc2c(C)cccc2C)C1. The second-order valence-corrected chi connectivity index (χ2v) is 6.47. The second kappa shape index (κ2) is 7.32. The predicted molar refractivity (Wildman–Crippen MR) is 92.1 cm³/mol. The topological polar surface area (TPSA) is 52.4 Å². The fraction of sp³-hybridized carbons (Fsp3) is 0.556. The molecule has 1 aliphatic rings. The average molecular weight is 330 g/mol. The summed E-state index contributed by atoms with van der Waals surface area (Å²) in [7, 11) is 3.76. The fourth-order valence-electron chi connectivity index (χ4n) is 3.43. The molecule has 24 heavy (non-hydrogen) atoms. The lowest BCUT2D eigenvalue weighted by Crippen LogP contribution is -2.30. The summed E-state index contributed by atoms with van der Waals surface area (Å²) in [6.07, 6.45) is 2.92. The van der Waals surface area contributed by atoms with Gasteiger partial charge in [0.25, 0.3) is 0 Å². The van der Waals surface area contributed by atoms with E-state index in [0.717, 1.165) is 31.1 Å². The maximum atomic E-state index is 6.07. The van der Waals surface area contributed by atoms with Crippen molar-refractivity contribution < 1.29 is 9.47 Å². The van der Waals surface area contributed by atoms with Crippen LogP contribution in [0, 0.1) is 13.8 Å². The molecule has 0 saturated carbocycles. The Morgan fingerprint density at radius 3 is 2.62 bits per heavy atom. The summed E-state index contributed by atoms with van der Waals surface area (Å²) in [5.41, 5.74) is 2.35. The normalized spacial score (nSPS) is 21.3. The number of likely N-dealkylation sites (tertiary alicyclic amines) is 1. The van der Waals surface area contributed by atoms with Crippen molar-refractivity contribution in [1.29, 1.82) is 0 Å². The number of methoxy groups -OCH3 is 1. The molecule has 1 aliphatic heterocycles. The van der Waals surface area contributed by atoms with E-state index >= 15 is 0 Å². The fourth-order valence-corrected chi connectivity index (χ4v) is 3.43. The third-order valence-corrected chi connectivity index (χ3v) is 4.78. The van der Waals surface area contributed by atoms with E-state index in [2.05, 4.69) is 47.1 Å². The second-order valence-electron chi connectivity index (χ2n) is 6.47. The Morgan fingerprint density at radius 1 is 1.25 bits per heavy atom. The molecule has 1 aromatic heterocycles. The third-order valence-electron chi connectivity index (χ3n) is 4.78. The number of para-hydroxylation sites is 1. The van der Waals surface area contributed by atoms with Crippen LogP contribution in [0.15, 0.2) is 24.5 Å². The van der Waals surface area contributed by atoms with Crippen LogP contribution in [-0.2, 0) is 11.8 Å². The Labute approximate surface area is 143 Å². The van der Waals surface area contributed by atoms with Gasteiger partial charge in [-0.25, -0.2) is 0 Å². The molecule has 0 N–H and O–H groups in total. The highest BCUT2D eigenvalue weighted by atomic mass is 16.5.